The lowest BCUT2D eigenvalue weighted by Crippen LogP contribution is -2.34. The van der Waals surface area contributed by atoms with Crippen LogP contribution in [-0.4, -0.2) is 19.6 Å². The van der Waals surface area contributed by atoms with Crippen molar-refractivity contribution in [1.82, 2.24) is 5.32 Å². The molecule has 1 aromatic rings. The first-order valence-electron chi connectivity index (χ1n) is 5.83. The van der Waals surface area contributed by atoms with Gasteiger partial charge in [0.05, 0.1) is 17.6 Å². The summed E-state index contributed by atoms with van der Waals surface area (Å²) in [4.78, 5) is 11.7. The van der Waals surface area contributed by atoms with Gasteiger partial charge >= 0.3 is 0 Å². The second-order valence-corrected chi connectivity index (χ2v) is 5.12. The number of halogens is 2. The standard InChI is InChI=1S/C13H19BrN2O2.ClH/c1-8(7-15)13(17)16-9(2)10-4-5-12(18-3)11(14)6-10;/h4-6,8-9H,7,15H2,1-3H3,(H,16,17);1H. The Bertz CT molecular complexity index is 429. The van der Waals surface area contributed by atoms with Crippen molar-refractivity contribution in [2.24, 2.45) is 11.7 Å². The van der Waals surface area contributed by atoms with Crippen LogP contribution < -0.4 is 15.8 Å². The molecule has 3 N–H and O–H groups in total. The van der Waals surface area contributed by atoms with E-state index in [1.807, 2.05) is 32.0 Å². The fourth-order valence-corrected chi connectivity index (χ4v) is 2.06. The number of rotatable bonds is 5. The summed E-state index contributed by atoms with van der Waals surface area (Å²) in [6.07, 6.45) is 0. The summed E-state index contributed by atoms with van der Waals surface area (Å²) in [5, 5.41) is 2.93. The van der Waals surface area contributed by atoms with Crippen LogP contribution in [0.5, 0.6) is 5.75 Å². The Morgan fingerprint density at radius 3 is 2.58 bits per heavy atom. The van der Waals surface area contributed by atoms with Crippen molar-refractivity contribution in [1.29, 1.82) is 0 Å². The zero-order valence-electron chi connectivity index (χ0n) is 11.3. The maximum Gasteiger partial charge on any atom is 0.224 e. The summed E-state index contributed by atoms with van der Waals surface area (Å²) in [7, 11) is 1.62. The molecule has 2 atom stereocenters. The number of carbonyl (C=O) groups is 1. The van der Waals surface area contributed by atoms with Gasteiger partial charge in [-0.15, -0.1) is 12.4 Å². The maximum atomic E-state index is 11.7. The minimum Gasteiger partial charge on any atom is -0.496 e. The smallest absolute Gasteiger partial charge is 0.224 e. The molecule has 0 fully saturated rings. The molecule has 0 heterocycles. The number of carbonyl (C=O) groups excluding carboxylic acids is 1. The zero-order valence-corrected chi connectivity index (χ0v) is 13.7. The van der Waals surface area contributed by atoms with Crippen LogP contribution in [0.3, 0.4) is 0 Å². The van der Waals surface area contributed by atoms with Crippen LogP contribution >= 0.6 is 28.3 Å². The molecule has 1 rings (SSSR count). The molecule has 0 saturated carbocycles. The minimum atomic E-state index is -0.172. The lowest BCUT2D eigenvalue weighted by Gasteiger charge is -2.18. The first kappa shape index (κ1) is 18.2. The number of amides is 1. The SMILES string of the molecule is COc1ccc(C(C)NC(=O)C(C)CN)cc1Br.Cl. The van der Waals surface area contributed by atoms with E-state index in [4.69, 9.17) is 10.5 Å². The van der Waals surface area contributed by atoms with Gasteiger partial charge in [0.15, 0.2) is 0 Å². The van der Waals surface area contributed by atoms with E-state index in [0.717, 1.165) is 15.8 Å². The molecule has 0 aromatic heterocycles. The zero-order chi connectivity index (χ0) is 13.7. The Kier molecular flexibility index (Phi) is 8.06. The molecule has 1 aromatic carbocycles. The van der Waals surface area contributed by atoms with E-state index >= 15 is 0 Å². The van der Waals surface area contributed by atoms with Gasteiger partial charge in [0.2, 0.25) is 5.91 Å². The van der Waals surface area contributed by atoms with E-state index in [2.05, 4.69) is 21.2 Å². The van der Waals surface area contributed by atoms with Crippen LogP contribution in [-0.2, 0) is 4.79 Å². The fourth-order valence-electron chi connectivity index (χ4n) is 1.50. The van der Waals surface area contributed by atoms with Gasteiger partial charge in [-0.25, -0.2) is 0 Å². The van der Waals surface area contributed by atoms with Crippen LogP contribution in [0.1, 0.15) is 25.5 Å². The highest BCUT2D eigenvalue weighted by Gasteiger charge is 2.15. The number of methoxy groups -OCH3 is 1. The molecule has 0 radical (unpaired) electrons. The van der Waals surface area contributed by atoms with Gasteiger partial charge in [-0.3, -0.25) is 4.79 Å². The summed E-state index contributed by atoms with van der Waals surface area (Å²) in [6, 6.07) is 5.68. The summed E-state index contributed by atoms with van der Waals surface area (Å²) in [5.74, 6) is 0.568. The Morgan fingerprint density at radius 2 is 2.11 bits per heavy atom. The Labute approximate surface area is 128 Å². The summed E-state index contributed by atoms with van der Waals surface area (Å²) in [6.45, 7) is 4.10. The van der Waals surface area contributed by atoms with E-state index in [1.165, 1.54) is 0 Å². The second kappa shape index (κ2) is 8.40. The number of hydrogen-bond donors (Lipinski definition) is 2. The van der Waals surface area contributed by atoms with E-state index in [0.29, 0.717) is 6.54 Å². The van der Waals surface area contributed by atoms with Crippen LogP contribution in [0.25, 0.3) is 0 Å². The fraction of sp³-hybridized carbons (Fsp3) is 0.462. The van der Waals surface area contributed by atoms with Gasteiger partial charge in [0.1, 0.15) is 5.75 Å². The molecule has 19 heavy (non-hydrogen) atoms. The normalized spacial score (nSPS) is 13.1. The average Bonchev–Trinajstić information content (AvgIpc) is 2.37. The lowest BCUT2D eigenvalue weighted by atomic mass is 10.1. The molecular formula is C13H20BrClN2O2. The van der Waals surface area contributed by atoms with Crippen molar-refractivity contribution in [3.8, 4) is 5.75 Å². The largest absolute Gasteiger partial charge is 0.496 e. The van der Waals surface area contributed by atoms with Crippen LogP contribution in [0.4, 0.5) is 0 Å². The first-order valence-corrected chi connectivity index (χ1v) is 6.62. The molecule has 0 spiro atoms. The van der Waals surface area contributed by atoms with Crippen LogP contribution in [0.2, 0.25) is 0 Å². The van der Waals surface area contributed by atoms with E-state index in [1.54, 1.807) is 7.11 Å². The van der Waals surface area contributed by atoms with Crippen LogP contribution in [0.15, 0.2) is 22.7 Å². The number of nitrogens with two attached hydrogens (primary N) is 1. The van der Waals surface area contributed by atoms with Crippen molar-refractivity contribution >= 4 is 34.2 Å². The molecule has 6 heteroatoms. The minimum absolute atomic E-state index is 0. The Balaban J connectivity index is 0.00000324. The summed E-state index contributed by atoms with van der Waals surface area (Å²) in [5.41, 5.74) is 6.48. The molecule has 0 aliphatic carbocycles. The first-order chi connectivity index (χ1) is 8.49. The van der Waals surface area contributed by atoms with Gasteiger partial charge in [-0.2, -0.15) is 0 Å². The number of hydrogen-bond acceptors (Lipinski definition) is 3. The van der Waals surface area contributed by atoms with Gasteiger partial charge in [0.25, 0.3) is 0 Å². The van der Waals surface area contributed by atoms with Crippen molar-refractivity contribution in [3.63, 3.8) is 0 Å². The molecular weight excluding hydrogens is 332 g/mol. The molecule has 4 nitrogen and oxygen atoms in total. The average molecular weight is 352 g/mol. The molecule has 1 amide bonds. The highest BCUT2D eigenvalue weighted by Crippen LogP contribution is 2.27. The van der Waals surface area contributed by atoms with E-state index < -0.39 is 0 Å². The van der Waals surface area contributed by atoms with Gasteiger partial charge in [0, 0.05) is 12.5 Å². The van der Waals surface area contributed by atoms with E-state index in [-0.39, 0.29) is 30.3 Å². The molecule has 0 saturated heterocycles. The third kappa shape index (κ3) is 5.01. The van der Waals surface area contributed by atoms with Gasteiger partial charge < -0.3 is 15.8 Å². The van der Waals surface area contributed by atoms with Crippen molar-refractivity contribution < 1.29 is 9.53 Å². The second-order valence-electron chi connectivity index (χ2n) is 4.26. The van der Waals surface area contributed by atoms with Crippen LogP contribution in [0, 0.1) is 5.92 Å². The quantitative estimate of drug-likeness (QED) is 0.857. The monoisotopic (exact) mass is 350 g/mol. The van der Waals surface area contributed by atoms with Crippen molar-refractivity contribution in [2.45, 2.75) is 19.9 Å². The van der Waals surface area contributed by atoms with E-state index in [9.17, 15) is 4.79 Å². The van der Waals surface area contributed by atoms with Gasteiger partial charge in [-0.1, -0.05) is 13.0 Å². The molecule has 2 unspecified atom stereocenters. The molecule has 0 bridgehead atoms. The molecule has 0 aliphatic rings. The Hall–Kier alpha value is -0.780. The lowest BCUT2D eigenvalue weighted by molar-refractivity contribution is -0.124. The highest BCUT2D eigenvalue weighted by atomic mass is 79.9. The van der Waals surface area contributed by atoms with Gasteiger partial charge in [-0.05, 0) is 40.5 Å². The van der Waals surface area contributed by atoms with Crippen molar-refractivity contribution in [2.75, 3.05) is 13.7 Å². The third-order valence-corrected chi connectivity index (χ3v) is 3.46. The van der Waals surface area contributed by atoms with Crippen molar-refractivity contribution in [3.05, 3.63) is 28.2 Å². The highest BCUT2D eigenvalue weighted by molar-refractivity contribution is 9.10. The number of ether oxygens (including phenoxy) is 1. The Morgan fingerprint density at radius 1 is 1.47 bits per heavy atom. The number of benzene rings is 1. The maximum absolute atomic E-state index is 11.7. The topological polar surface area (TPSA) is 64.3 Å². The predicted molar refractivity (Wildman–Crippen MR) is 82.7 cm³/mol. The third-order valence-electron chi connectivity index (χ3n) is 2.84. The number of nitrogens with one attached hydrogen (secondary N) is 1. The predicted octanol–water partition coefficient (Wildman–Crippen LogP) is 2.65. The summed E-state index contributed by atoms with van der Waals surface area (Å²) >= 11 is 3.43. The molecule has 108 valence electrons. The summed E-state index contributed by atoms with van der Waals surface area (Å²) < 4.78 is 6.04. The molecule has 0 aliphatic heterocycles.